The molecule has 0 aliphatic carbocycles. The number of carbonyl (C=O) groups is 1. The number of benzene rings is 2. The molecule has 2 fully saturated rings. The van der Waals surface area contributed by atoms with Gasteiger partial charge >= 0.3 is 12.2 Å². The first-order valence-corrected chi connectivity index (χ1v) is 13.0. The van der Waals surface area contributed by atoms with E-state index in [0.29, 0.717) is 19.7 Å². The van der Waals surface area contributed by atoms with E-state index in [1.165, 1.54) is 17.0 Å². The van der Waals surface area contributed by atoms with Gasteiger partial charge in [0.2, 0.25) is 0 Å². The van der Waals surface area contributed by atoms with Crippen LogP contribution in [0.15, 0.2) is 60.8 Å². The molecule has 0 N–H and O–H groups in total. The molecule has 2 aliphatic heterocycles. The zero-order valence-electron chi connectivity index (χ0n) is 21.1. The number of hydrogen-bond donors (Lipinski definition) is 0. The van der Waals surface area contributed by atoms with Crippen LogP contribution in [0.5, 0.6) is 5.75 Å². The Morgan fingerprint density at radius 3 is 2.50 bits per heavy atom. The highest BCUT2D eigenvalue weighted by Crippen LogP contribution is 2.41. The van der Waals surface area contributed by atoms with Crippen LogP contribution in [0, 0.1) is 0 Å². The largest absolute Gasteiger partial charge is 0.493 e. The molecule has 2 saturated heterocycles. The maximum Gasteiger partial charge on any atom is 0.418 e. The van der Waals surface area contributed by atoms with E-state index in [2.05, 4.69) is 4.90 Å². The van der Waals surface area contributed by atoms with Crippen LogP contribution >= 0.6 is 11.6 Å². The third-order valence-corrected chi connectivity index (χ3v) is 7.37. The molecule has 2 aliphatic rings. The van der Waals surface area contributed by atoms with Crippen molar-refractivity contribution >= 4 is 29.0 Å². The van der Waals surface area contributed by atoms with Crippen molar-refractivity contribution < 1.29 is 22.7 Å². The summed E-state index contributed by atoms with van der Waals surface area (Å²) in [6.07, 6.45) is -2.05. The van der Waals surface area contributed by atoms with Gasteiger partial charge in [-0.25, -0.2) is 4.79 Å². The Hall–Kier alpha value is -3.46. The summed E-state index contributed by atoms with van der Waals surface area (Å²) in [5.74, 6) is 0.764. The average molecular weight is 545 g/mol. The average Bonchev–Trinajstić information content (AvgIpc) is 3.23. The van der Waals surface area contributed by atoms with Gasteiger partial charge in [-0.2, -0.15) is 13.2 Å². The number of hydrogen-bond acceptors (Lipinski definition) is 4. The summed E-state index contributed by atoms with van der Waals surface area (Å²) in [6.45, 7) is 5.59. The van der Waals surface area contributed by atoms with Crippen LogP contribution in [0.2, 0.25) is 5.02 Å². The Morgan fingerprint density at radius 2 is 1.82 bits per heavy atom. The smallest absolute Gasteiger partial charge is 0.418 e. The number of halogens is 4. The Kier molecular flexibility index (Phi) is 7.13. The standard InChI is InChI=1S/C28H28ClF3N4O2/c1-3-19-15-35-21(17-36(27(35)37)25-12-9-18(29)13-23(25)28(30,31)32)16-34(19)20-10-11-24(33-14-20)22-7-5-6-8-26(22)38-4-2/h5-14,19,21H,3-4,15-17H2,1-2H3/t19-,21+/m1/s1. The van der Waals surface area contributed by atoms with Gasteiger partial charge in [0.05, 0.1) is 41.5 Å². The Labute approximate surface area is 224 Å². The summed E-state index contributed by atoms with van der Waals surface area (Å²) in [7, 11) is 0. The van der Waals surface area contributed by atoms with Gasteiger partial charge in [-0.15, -0.1) is 0 Å². The number of urea groups is 1. The van der Waals surface area contributed by atoms with Crippen molar-refractivity contribution in [1.29, 1.82) is 0 Å². The molecule has 0 spiro atoms. The molecule has 0 saturated carbocycles. The zero-order valence-corrected chi connectivity index (χ0v) is 21.8. The number of nitrogens with zero attached hydrogens (tertiary/aromatic N) is 4. The second-order valence-electron chi connectivity index (χ2n) is 9.40. The lowest BCUT2D eigenvalue weighted by molar-refractivity contribution is -0.137. The monoisotopic (exact) mass is 544 g/mol. The minimum atomic E-state index is -4.63. The molecule has 0 radical (unpaired) electrons. The van der Waals surface area contributed by atoms with Crippen molar-refractivity contribution in [1.82, 2.24) is 9.88 Å². The van der Waals surface area contributed by atoms with Crippen LogP contribution in [-0.2, 0) is 6.18 Å². The maximum absolute atomic E-state index is 13.8. The molecule has 200 valence electrons. The van der Waals surface area contributed by atoms with Crippen molar-refractivity contribution in [2.24, 2.45) is 0 Å². The van der Waals surface area contributed by atoms with Crippen molar-refractivity contribution in [3.8, 4) is 17.0 Å². The van der Waals surface area contributed by atoms with Crippen LogP contribution in [0.1, 0.15) is 25.8 Å². The molecule has 0 unspecified atom stereocenters. The number of para-hydroxylation sites is 1. The number of carbonyl (C=O) groups excluding carboxylic acids is 1. The van der Waals surface area contributed by atoms with Crippen LogP contribution in [0.4, 0.5) is 29.3 Å². The van der Waals surface area contributed by atoms with Gasteiger partial charge in [0, 0.05) is 36.3 Å². The molecule has 3 heterocycles. The lowest BCUT2D eigenvalue weighted by atomic mass is 10.0. The molecule has 2 atom stereocenters. The number of pyridine rings is 1. The molecule has 38 heavy (non-hydrogen) atoms. The highest BCUT2D eigenvalue weighted by molar-refractivity contribution is 6.30. The molecule has 3 aromatic rings. The number of aromatic nitrogens is 1. The van der Waals surface area contributed by atoms with E-state index in [1.807, 2.05) is 56.4 Å². The Morgan fingerprint density at radius 1 is 1.03 bits per heavy atom. The molecule has 0 bridgehead atoms. The first-order chi connectivity index (χ1) is 18.2. The molecule has 2 amide bonds. The molecule has 1 aromatic heterocycles. The van der Waals surface area contributed by atoms with Gasteiger partial charge in [-0.1, -0.05) is 30.7 Å². The number of fused-ring (bicyclic) bond motifs is 1. The lowest BCUT2D eigenvalue weighted by Crippen LogP contribution is -2.57. The quantitative estimate of drug-likeness (QED) is 0.345. The SMILES string of the molecule is CCOc1ccccc1-c1ccc(N2C[C@H]3CN(c4ccc(Cl)cc4C(F)(F)F)C(=O)N3C[C@H]2CC)cn1. The topological polar surface area (TPSA) is 48.9 Å². The second kappa shape index (κ2) is 10.4. The minimum absolute atomic E-state index is 0.00538. The third-order valence-electron chi connectivity index (χ3n) is 7.13. The van der Waals surface area contributed by atoms with Crippen molar-refractivity contribution in [2.45, 2.75) is 38.5 Å². The van der Waals surface area contributed by atoms with E-state index in [9.17, 15) is 18.0 Å². The van der Waals surface area contributed by atoms with Gasteiger partial charge in [-0.3, -0.25) is 9.88 Å². The fourth-order valence-electron chi connectivity index (χ4n) is 5.30. The maximum atomic E-state index is 13.8. The number of rotatable bonds is 6. The number of anilines is 2. The van der Waals surface area contributed by atoms with Gasteiger partial charge in [-0.05, 0) is 55.8 Å². The van der Waals surface area contributed by atoms with Crippen LogP contribution < -0.4 is 14.5 Å². The first kappa shape index (κ1) is 26.2. The van der Waals surface area contributed by atoms with E-state index in [0.717, 1.165) is 35.2 Å². The van der Waals surface area contributed by atoms with Crippen molar-refractivity contribution in [3.63, 3.8) is 0 Å². The third kappa shape index (κ3) is 4.87. The molecule has 6 nitrogen and oxygen atoms in total. The molecule has 10 heteroatoms. The molecular weight excluding hydrogens is 517 g/mol. The van der Waals surface area contributed by atoms with Crippen LogP contribution in [0.25, 0.3) is 11.3 Å². The Bertz CT molecular complexity index is 1320. The number of amides is 2. The second-order valence-corrected chi connectivity index (χ2v) is 9.84. The fourth-order valence-corrected chi connectivity index (χ4v) is 5.47. The predicted octanol–water partition coefficient (Wildman–Crippen LogP) is 6.73. The van der Waals surface area contributed by atoms with E-state index in [1.54, 1.807) is 4.90 Å². The summed E-state index contributed by atoms with van der Waals surface area (Å²) < 4.78 is 47.0. The van der Waals surface area contributed by atoms with Gasteiger partial charge in [0.1, 0.15) is 5.75 Å². The zero-order chi connectivity index (χ0) is 27.0. The minimum Gasteiger partial charge on any atom is -0.493 e. The van der Waals surface area contributed by atoms with Gasteiger partial charge in [0.15, 0.2) is 0 Å². The lowest BCUT2D eigenvalue weighted by Gasteiger charge is -2.43. The Balaban J connectivity index is 1.40. The fraction of sp³-hybridized carbons (Fsp3) is 0.357. The van der Waals surface area contributed by atoms with Gasteiger partial charge in [0.25, 0.3) is 0 Å². The van der Waals surface area contributed by atoms with E-state index < -0.39 is 17.8 Å². The highest BCUT2D eigenvalue weighted by atomic mass is 35.5. The van der Waals surface area contributed by atoms with E-state index >= 15 is 0 Å². The highest BCUT2D eigenvalue weighted by Gasteiger charge is 2.46. The van der Waals surface area contributed by atoms with E-state index in [4.69, 9.17) is 21.3 Å². The summed E-state index contributed by atoms with van der Waals surface area (Å²) in [5.41, 5.74) is 1.52. The summed E-state index contributed by atoms with van der Waals surface area (Å²) in [5, 5.41) is -0.0255. The van der Waals surface area contributed by atoms with Crippen LogP contribution in [0.3, 0.4) is 0 Å². The van der Waals surface area contributed by atoms with Gasteiger partial charge < -0.3 is 14.5 Å². The summed E-state index contributed by atoms with van der Waals surface area (Å²) in [6, 6.07) is 14.5. The molecule has 2 aromatic carbocycles. The predicted molar refractivity (Wildman–Crippen MR) is 142 cm³/mol. The molecule has 5 rings (SSSR count). The number of piperazine rings is 1. The summed E-state index contributed by atoms with van der Waals surface area (Å²) in [4.78, 5) is 23.1. The van der Waals surface area contributed by atoms with Crippen LogP contribution in [-0.4, -0.2) is 54.2 Å². The normalized spacial score (nSPS) is 19.6. The summed E-state index contributed by atoms with van der Waals surface area (Å²) >= 11 is 5.85. The first-order valence-electron chi connectivity index (χ1n) is 12.6. The number of alkyl halides is 3. The van der Waals surface area contributed by atoms with Crippen molar-refractivity contribution in [2.75, 3.05) is 36.0 Å². The van der Waals surface area contributed by atoms with E-state index in [-0.39, 0.29) is 29.3 Å². The van der Waals surface area contributed by atoms with Crippen molar-refractivity contribution in [3.05, 3.63) is 71.4 Å². The number of ether oxygens (including phenoxy) is 1. The molecular formula is C28H28ClF3N4O2.